The highest BCUT2D eigenvalue weighted by molar-refractivity contribution is 7.90. The Hall–Kier alpha value is -1.89. The van der Waals surface area contributed by atoms with E-state index in [1.54, 1.807) is 24.3 Å². The van der Waals surface area contributed by atoms with Gasteiger partial charge in [-0.2, -0.15) is 0 Å². The SMILES string of the molecule is CS(=O)(=O)c1ccc(-c2sc(-c3ccccc3Cl)nc2OCC2CC2)cc1. The summed E-state index contributed by atoms with van der Waals surface area (Å²) < 4.78 is 29.4. The Morgan fingerprint density at radius 2 is 1.85 bits per heavy atom. The van der Waals surface area contributed by atoms with Crippen LogP contribution in [0.3, 0.4) is 0 Å². The second-order valence-electron chi connectivity index (χ2n) is 6.68. The maximum Gasteiger partial charge on any atom is 0.233 e. The lowest BCUT2D eigenvalue weighted by Crippen LogP contribution is -2.00. The van der Waals surface area contributed by atoms with Crippen molar-refractivity contribution < 1.29 is 13.2 Å². The molecule has 0 unspecified atom stereocenters. The van der Waals surface area contributed by atoms with Crippen LogP contribution in [0.2, 0.25) is 5.02 Å². The molecule has 0 aliphatic heterocycles. The van der Waals surface area contributed by atoms with Gasteiger partial charge in [0, 0.05) is 11.8 Å². The summed E-state index contributed by atoms with van der Waals surface area (Å²) in [5.74, 6) is 1.19. The average molecular weight is 420 g/mol. The first-order valence-electron chi connectivity index (χ1n) is 8.61. The van der Waals surface area contributed by atoms with E-state index in [1.165, 1.54) is 30.4 Å². The van der Waals surface area contributed by atoms with Crippen LogP contribution in [-0.4, -0.2) is 26.3 Å². The van der Waals surface area contributed by atoms with Gasteiger partial charge in [-0.1, -0.05) is 41.9 Å². The standard InChI is InChI=1S/C20H18ClNO3S2/c1-27(23,24)15-10-8-14(9-11-15)18-19(25-12-13-6-7-13)22-20(26-18)16-4-2-3-5-17(16)21/h2-5,8-11,13H,6-7,12H2,1H3. The molecule has 0 bridgehead atoms. The van der Waals surface area contributed by atoms with Gasteiger partial charge in [0.25, 0.3) is 0 Å². The Bertz CT molecular complexity index is 1070. The molecule has 7 heteroatoms. The second kappa shape index (κ2) is 7.26. The van der Waals surface area contributed by atoms with E-state index in [0.29, 0.717) is 28.3 Å². The van der Waals surface area contributed by atoms with E-state index in [4.69, 9.17) is 16.3 Å². The second-order valence-corrected chi connectivity index (χ2v) is 10.1. The highest BCUT2D eigenvalue weighted by Crippen LogP contribution is 2.42. The molecule has 0 amide bonds. The quantitative estimate of drug-likeness (QED) is 0.542. The van der Waals surface area contributed by atoms with Crippen LogP contribution in [-0.2, 0) is 9.84 Å². The molecule has 1 heterocycles. The van der Waals surface area contributed by atoms with Crippen molar-refractivity contribution in [2.75, 3.05) is 12.9 Å². The number of hydrogen-bond acceptors (Lipinski definition) is 5. The van der Waals surface area contributed by atoms with Crippen molar-refractivity contribution in [2.45, 2.75) is 17.7 Å². The van der Waals surface area contributed by atoms with Gasteiger partial charge in [0.15, 0.2) is 9.84 Å². The van der Waals surface area contributed by atoms with Gasteiger partial charge in [0.05, 0.1) is 21.4 Å². The van der Waals surface area contributed by atoms with E-state index in [0.717, 1.165) is 21.0 Å². The monoisotopic (exact) mass is 419 g/mol. The van der Waals surface area contributed by atoms with Crippen LogP contribution in [0, 0.1) is 5.92 Å². The third kappa shape index (κ3) is 4.18. The Labute approximate surface area is 167 Å². The summed E-state index contributed by atoms with van der Waals surface area (Å²) in [5.41, 5.74) is 1.74. The van der Waals surface area contributed by atoms with E-state index in [9.17, 15) is 8.42 Å². The van der Waals surface area contributed by atoms with E-state index in [-0.39, 0.29) is 0 Å². The van der Waals surface area contributed by atoms with Crippen LogP contribution in [0.4, 0.5) is 0 Å². The van der Waals surface area contributed by atoms with Gasteiger partial charge in [-0.15, -0.1) is 11.3 Å². The normalized spacial score (nSPS) is 14.3. The van der Waals surface area contributed by atoms with Crippen molar-refractivity contribution in [3.63, 3.8) is 0 Å². The topological polar surface area (TPSA) is 56.3 Å². The molecular weight excluding hydrogens is 402 g/mol. The van der Waals surface area contributed by atoms with Crippen molar-refractivity contribution in [3.05, 3.63) is 53.6 Å². The van der Waals surface area contributed by atoms with Crippen LogP contribution in [0.1, 0.15) is 12.8 Å². The molecule has 2 aromatic carbocycles. The molecule has 0 saturated heterocycles. The van der Waals surface area contributed by atoms with Gasteiger partial charge in [-0.25, -0.2) is 13.4 Å². The molecule has 1 aliphatic rings. The van der Waals surface area contributed by atoms with Crippen LogP contribution in [0.5, 0.6) is 5.88 Å². The Morgan fingerprint density at radius 3 is 2.48 bits per heavy atom. The molecule has 4 nitrogen and oxygen atoms in total. The third-order valence-corrected chi connectivity index (χ3v) is 6.97. The van der Waals surface area contributed by atoms with E-state index in [2.05, 4.69) is 4.98 Å². The van der Waals surface area contributed by atoms with Gasteiger partial charge in [-0.05, 0) is 42.5 Å². The molecule has 0 atom stereocenters. The lowest BCUT2D eigenvalue weighted by atomic mass is 10.2. The number of sulfone groups is 1. The van der Waals surface area contributed by atoms with Crippen LogP contribution in [0.25, 0.3) is 21.0 Å². The molecule has 1 aliphatic carbocycles. The molecular formula is C20H18ClNO3S2. The summed E-state index contributed by atoms with van der Waals surface area (Å²) in [6, 6.07) is 14.4. The Balaban J connectivity index is 1.74. The zero-order valence-electron chi connectivity index (χ0n) is 14.7. The first-order chi connectivity index (χ1) is 12.9. The summed E-state index contributed by atoms with van der Waals surface area (Å²) in [6.45, 7) is 0.653. The molecule has 1 saturated carbocycles. The zero-order chi connectivity index (χ0) is 19.0. The summed E-state index contributed by atoms with van der Waals surface area (Å²) in [6.07, 6.45) is 3.59. The van der Waals surface area contributed by atoms with Crippen molar-refractivity contribution in [1.82, 2.24) is 4.98 Å². The van der Waals surface area contributed by atoms with Gasteiger partial charge in [0.1, 0.15) is 5.01 Å². The smallest absolute Gasteiger partial charge is 0.233 e. The minimum absolute atomic E-state index is 0.294. The van der Waals surface area contributed by atoms with Crippen molar-refractivity contribution >= 4 is 32.8 Å². The molecule has 0 spiro atoms. The molecule has 0 N–H and O–H groups in total. The van der Waals surface area contributed by atoms with Crippen molar-refractivity contribution in [2.24, 2.45) is 5.92 Å². The number of thiazole rings is 1. The summed E-state index contributed by atoms with van der Waals surface area (Å²) >= 11 is 7.83. The predicted octanol–water partition coefficient (Wildman–Crippen LogP) is 5.32. The summed E-state index contributed by atoms with van der Waals surface area (Å²) in [4.78, 5) is 5.86. The van der Waals surface area contributed by atoms with Gasteiger partial charge in [-0.3, -0.25) is 0 Å². The molecule has 3 aromatic rings. The van der Waals surface area contributed by atoms with Crippen molar-refractivity contribution in [3.8, 4) is 26.9 Å². The molecule has 140 valence electrons. The Kier molecular flexibility index (Phi) is 4.97. The lowest BCUT2D eigenvalue weighted by Gasteiger charge is -2.05. The minimum atomic E-state index is -3.23. The van der Waals surface area contributed by atoms with Crippen LogP contribution in [0.15, 0.2) is 53.4 Å². The first-order valence-corrected chi connectivity index (χ1v) is 11.7. The van der Waals surface area contributed by atoms with Crippen molar-refractivity contribution in [1.29, 1.82) is 0 Å². The minimum Gasteiger partial charge on any atom is -0.476 e. The highest BCUT2D eigenvalue weighted by atomic mass is 35.5. The van der Waals surface area contributed by atoms with Gasteiger partial charge < -0.3 is 4.74 Å². The van der Waals surface area contributed by atoms with Crippen LogP contribution >= 0.6 is 22.9 Å². The van der Waals surface area contributed by atoms with E-state index >= 15 is 0 Å². The zero-order valence-corrected chi connectivity index (χ0v) is 17.1. The third-order valence-electron chi connectivity index (χ3n) is 4.40. The number of halogens is 1. The largest absolute Gasteiger partial charge is 0.476 e. The number of benzene rings is 2. The van der Waals surface area contributed by atoms with E-state index in [1.807, 2.05) is 24.3 Å². The number of nitrogens with zero attached hydrogens (tertiary/aromatic N) is 1. The predicted molar refractivity (Wildman–Crippen MR) is 109 cm³/mol. The number of ether oxygens (including phenoxy) is 1. The molecule has 4 rings (SSSR count). The number of rotatable bonds is 6. The first kappa shape index (κ1) is 18.5. The van der Waals surface area contributed by atoms with Crippen LogP contribution < -0.4 is 4.74 Å². The van der Waals surface area contributed by atoms with E-state index < -0.39 is 9.84 Å². The van der Waals surface area contributed by atoms with Gasteiger partial charge >= 0.3 is 0 Å². The fourth-order valence-corrected chi connectivity index (χ4v) is 4.64. The fraction of sp³-hybridized carbons (Fsp3) is 0.250. The highest BCUT2D eigenvalue weighted by Gasteiger charge is 2.24. The summed E-state index contributed by atoms with van der Waals surface area (Å²) in [7, 11) is -3.23. The number of hydrogen-bond donors (Lipinski definition) is 0. The fourth-order valence-electron chi connectivity index (χ4n) is 2.67. The van der Waals surface area contributed by atoms with Gasteiger partial charge in [0.2, 0.25) is 5.88 Å². The molecule has 0 radical (unpaired) electrons. The lowest BCUT2D eigenvalue weighted by molar-refractivity contribution is 0.291. The Morgan fingerprint density at radius 1 is 1.15 bits per heavy atom. The average Bonchev–Trinajstić information content (AvgIpc) is 3.38. The maximum absolute atomic E-state index is 11.7. The number of aromatic nitrogens is 1. The molecule has 27 heavy (non-hydrogen) atoms. The molecule has 1 aromatic heterocycles. The maximum atomic E-state index is 11.7. The summed E-state index contributed by atoms with van der Waals surface area (Å²) in [5, 5.41) is 1.42. The molecule has 1 fully saturated rings.